The van der Waals surface area contributed by atoms with E-state index in [-0.39, 0.29) is 0 Å². The highest BCUT2D eigenvalue weighted by atomic mass is 14.9. The number of dihydropyridines is 1. The molecule has 0 aromatic carbocycles. The van der Waals surface area contributed by atoms with Crippen LogP contribution >= 0.6 is 0 Å². The summed E-state index contributed by atoms with van der Waals surface area (Å²) in [5.74, 6) is 0. The second-order valence-corrected chi connectivity index (χ2v) is 3.14. The molecule has 0 atom stereocenters. The number of hydrogen-bond donors (Lipinski definition) is 1. The lowest BCUT2D eigenvalue weighted by atomic mass is 10.1. The summed E-state index contributed by atoms with van der Waals surface area (Å²) in [6.07, 6.45) is 11.5. The van der Waals surface area contributed by atoms with E-state index < -0.39 is 0 Å². The number of rotatable bonds is 1. The third-order valence-electron chi connectivity index (χ3n) is 1.96. The first-order valence-electron chi connectivity index (χ1n) is 4.38. The van der Waals surface area contributed by atoms with Gasteiger partial charge in [-0.25, -0.2) is 0 Å². The molecule has 0 fully saturated rings. The van der Waals surface area contributed by atoms with Crippen LogP contribution in [0.3, 0.4) is 0 Å². The summed E-state index contributed by atoms with van der Waals surface area (Å²) in [6, 6.07) is 0. The molecular weight excluding hydrogens is 172 g/mol. The van der Waals surface area contributed by atoms with E-state index >= 15 is 0 Å². The van der Waals surface area contributed by atoms with E-state index in [1.165, 1.54) is 0 Å². The van der Waals surface area contributed by atoms with Gasteiger partial charge in [-0.2, -0.15) is 0 Å². The lowest BCUT2D eigenvalue weighted by Gasteiger charge is -2.08. The lowest BCUT2D eigenvalue weighted by Crippen LogP contribution is -2.22. The predicted octanol–water partition coefficient (Wildman–Crippen LogP) is 1.25. The van der Waals surface area contributed by atoms with Crippen molar-refractivity contribution in [1.82, 2.24) is 9.98 Å². The standard InChI is InChI=1S/C12H11N2/c1-9-6-7-11(13-8-9)12-5-3-4-10(2)14-12/h3-8,14H,1-2H2/q+1. The van der Waals surface area contributed by atoms with E-state index in [1.54, 1.807) is 6.21 Å². The molecule has 0 aromatic rings. The highest BCUT2D eigenvalue weighted by Crippen LogP contribution is 2.06. The summed E-state index contributed by atoms with van der Waals surface area (Å²) in [4.78, 5) is 0. The van der Waals surface area contributed by atoms with Crippen molar-refractivity contribution in [1.29, 1.82) is 0 Å². The molecule has 0 aromatic heterocycles. The quantitative estimate of drug-likeness (QED) is 0.608. The van der Waals surface area contributed by atoms with Crippen molar-refractivity contribution in [3.05, 3.63) is 60.5 Å². The normalized spacial score (nSPS) is 19.1. The molecule has 0 saturated carbocycles. The van der Waals surface area contributed by atoms with Crippen LogP contribution in [0.1, 0.15) is 0 Å². The Kier molecular flexibility index (Phi) is 2.05. The van der Waals surface area contributed by atoms with Gasteiger partial charge in [0, 0.05) is 17.3 Å². The fourth-order valence-electron chi connectivity index (χ4n) is 1.25. The molecule has 14 heavy (non-hydrogen) atoms. The lowest BCUT2D eigenvalue weighted by molar-refractivity contribution is 1.06. The van der Waals surface area contributed by atoms with E-state index in [9.17, 15) is 0 Å². The van der Waals surface area contributed by atoms with Crippen LogP contribution in [0, 0.1) is 0 Å². The molecule has 2 aliphatic rings. The molecule has 0 amide bonds. The van der Waals surface area contributed by atoms with Gasteiger partial charge >= 0.3 is 5.71 Å². The van der Waals surface area contributed by atoms with Gasteiger partial charge in [0.2, 0.25) is 0 Å². The molecule has 68 valence electrons. The molecule has 2 rings (SSSR count). The zero-order valence-electron chi connectivity index (χ0n) is 7.83. The van der Waals surface area contributed by atoms with Crippen molar-refractivity contribution < 1.29 is 0 Å². The zero-order chi connectivity index (χ0) is 9.97. The first-order valence-corrected chi connectivity index (χ1v) is 4.38. The Morgan fingerprint density at radius 3 is 2.64 bits per heavy atom. The van der Waals surface area contributed by atoms with Crippen LogP contribution in [0.25, 0.3) is 0 Å². The fraction of sp³-hybridized carbons (Fsp3) is 0. The maximum Gasteiger partial charge on any atom is 0.350 e. The minimum Gasteiger partial charge on any atom is -0.350 e. The first-order chi connectivity index (χ1) is 6.75. The molecule has 0 bridgehead atoms. The minimum absolute atomic E-state index is 0.878. The number of nitrogens with zero attached hydrogens (tertiary/aromatic N) is 1. The monoisotopic (exact) mass is 183 g/mol. The van der Waals surface area contributed by atoms with Gasteiger partial charge in [0.1, 0.15) is 5.70 Å². The van der Waals surface area contributed by atoms with Crippen LogP contribution in [0.4, 0.5) is 0 Å². The topological polar surface area (TPSA) is 26.1 Å². The largest absolute Gasteiger partial charge is 0.350 e. The molecule has 1 N–H and O–H groups in total. The SMILES string of the molecule is C=C1C=CC(C2=CC=CC(=C)N2)=[N+]=C1. The molecule has 2 nitrogen and oxygen atoms in total. The molecule has 0 saturated heterocycles. The summed E-state index contributed by atoms with van der Waals surface area (Å²) < 4.78 is 4.27. The number of allylic oxidation sites excluding steroid dienone is 6. The highest BCUT2D eigenvalue weighted by molar-refractivity contribution is 6.11. The Labute approximate surface area is 83.1 Å². The molecular formula is C12H11N2+. The molecule has 2 heterocycles. The zero-order valence-corrected chi connectivity index (χ0v) is 7.83. The van der Waals surface area contributed by atoms with Crippen LogP contribution < -0.4 is 9.98 Å². The summed E-state index contributed by atoms with van der Waals surface area (Å²) >= 11 is 0. The predicted molar refractivity (Wildman–Crippen MR) is 61.0 cm³/mol. The Morgan fingerprint density at radius 1 is 1.14 bits per heavy atom. The van der Waals surface area contributed by atoms with Gasteiger partial charge in [0.05, 0.1) is 0 Å². The van der Waals surface area contributed by atoms with Gasteiger partial charge in [-0.3, -0.25) is 0 Å². The Balaban J connectivity index is 2.34. The second kappa shape index (κ2) is 3.36. The van der Waals surface area contributed by atoms with Crippen LogP contribution in [0.2, 0.25) is 0 Å². The average Bonchev–Trinajstić information content (AvgIpc) is 2.19. The molecule has 0 spiro atoms. The van der Waals surface area contributed by atoms with Crippen LogP contribution in [-0.4, -0.2) is 11.9 Å². The minimum atomic E-state index is 0.878. The summed E-state index contributed by atoms with van der Waals surface area (Å²) in [7, 11) is 0. The van der Waals surface area contributed by atoms with Crippen LogP contribution in [0.15, 0.2) is 60.5 Å². The summed E-state index contributed by atoms with van der Waals surface area (Å²) in [5.41, 5.74) is 3.67. The van der Waals surface area contributed by atoms with Gasteiger partial charge in [-0.15, -0.1) is 0 Å². The number of nitrogens with one attached hydrogen (secondary N) is 1. The maximum atomic E-state index is 4.27. The Bertz CT molecular complexity index is 453. The van der Waals surface area contributed by atoms with E-state index in [4.69, 9.17) is 0 Å². The average molecular weight is 183 g/mol. The van der Waals surface area contributed by atoms with Crippen molar-refractivity contribution in [2.45, 2.75) is 0 Å². The van der Waals surface area contributed by atoms with Crippen molar-refractivity contribution in [2.75, 3.05) is 0 Å². The van der Waals surface area contributed by atoms with E-state index in [0.29, 0.717) is 0 Å². The van der Waals surface area contributed by atoms with Gasteiger partial charge in [-0.1, -0.05) is 23.9 Å². The van der Waals surface area contributed by atoms with E-state index in [1.807, 2.05) is 30.4 Å². The van der Waals surface area contributed by atoms with Crippen molar-refractivity contribution in [2.24, 2.45) is 0 Å². The van der Waals surface area contributed by atoms with Crippen molar-refractivity contribution >= 4 is 11.9 Å². The van der Waals surface area contributed by atoms with Crippen molar-refractivity contribution in [3.8, 4) is 0 Å². The molecule has 0 unspecified atom stereocenters. The van der Waals surface area contributed by atoms with Gasteiger partial charge < -0.3 is 5.32 Å². The van der Waals surface area contributed by atoms with Gasteiger partial charge in [-0.05, 0) is 18.2 Å². The Morgan fingerprint density at radius 2 is 2.00 bits per heavy atom. The highest BCUT2D eigenvalue weighted by Gasteiger charge is 2.16. The van der Waals surface area contributed by atoms with Crippen molar-refractivity contribution in [3.63, 3.8) is 0 Å². The first kappa shape index (κ1) is 8.54. The molecule has 2 heteroatoms. The Hall–Kier alpha value is -2.05. The second-order valence-electron chi connectivity index (χ2n) is 3.14. The fourth-order valence-corrected chi connectivity index (χ4v) is 1.25. The molecule has 2 aliphatic heterocycles. The third-order valence-corrected chi connectivity index (χ3v) is 1.96. The summed E-state index contributed by atoms with van der Waals surface area (Å²) in [6.45, 7) is 7.62. The molecule has 0 aliphatic carbocycles. The van der Waals surface area contributed by atoms with Gasteiger partial charge in [0.25, 0.3) is 6.21 Å². The molecule has 0 radical (unpaired) electrons. The smallest absolute Gasteiger partial charge is 0.350 e. The maximum absolute atomic E-state index is 4.27. The summed E-state index contributed by atoms with van der Waals surface area (Å²) in [5, 5.41) is 3.15. The van der Waals surface area contributed by atoms with E-state index in [0.717, 1.165) is 22.7 Å². The van der Waals surface area contributed by atoms with E-state index in [2.05, 4.69) is 23.1 Å². The van der Waals surface area contributed by atoms with Gasteiger partial charge in [0.15, 0.2) is 0 Å². The number of hydrogen-bond acceptors (Lipinski definition) is 1. The van der Waals surface area contributed by atoms with Crippen LogP contribution in [0.5, 0.6) is 0 Å². The van der Waals surface area contributed by atoms with Crippen LogP contribution in [-0.2, 0) is 0 Å². The third kappa shape index (κ3) is 1.65.